The fourth-order valence-electron chi connectivity index (χ4n) is 0.569. The summed E-state index contributed by atoms with van der Waals surface area (Å²) in [7, 11) is 1.47. The molecule has 0 aliphatic heterocycles. The van der Waals surface area contributed by atoms with Gasteiger partial charge in [0.05, 0.1) is 0 Å². The number of alkyl halides is 1. The van der Waals surface area contributed by atoms with E-state index in [9.17, 15) is 4.39 Å². The maximum absolute atomic E-state index is 13.2. The summed E-state index contributed by atoms with van der Waals surface area (Å²) in [5.74, 6) is 0. The average molecular weight is 149 g/mol. The van der Waals surface area contributed by atoms with Gasteiger partial charge in [0.25, 0.3) is 0 Å². The first-order valence-electron chi connectivity index (χ1n) is 3.31. The highest BCUT2D eigenvalue weighted by Gasteiger charge is 2.40. The minimum absolute atomic E-state index is 0.188. The van der Waals surface area contributed by atoms with E-state index in [0.29, 0.717) is 0 Å². The van der Waals surface area contributed by atoms with Crippen LogP contribution in [0.25, 0.3) is 0 Å². The predicted octanol–water partition coefficient (Wildman–Crippen LogP) is 1.10. The van der Waals surface area contributed by atoms with Gasteiger partial charge in [-0.1, -0.05) is 0 Å². The molecule has 1 unspecified atom stereocenters. The molecule has 62 valence electrons. The first kappa shape index (κ1) is 9.85. The number of rotatable bonds is 3. The van der Waals surface area contributed by atoms with Gasteiger partial charge in [0.2, 0.25) is 0 Å². The molecule has 0 aromatic rings. The highest BCUT2D eigenvalue weighted by molar-refractivity contribution is 4.92. The number of hydrogen-bond donors (Lipinski definition) is 1. The molecule has 0 bridgehead atoms. The Morgan fingerprint density at radius 2 is 1.80 bits per heavy atom. The molecule has 0 radical (unpaired) electrons. The number of halogens is 1. The Hall–Kier alpha value is -0.150. The van der Waals surface area contributed by atoms with Gasteiger partial charge in [0, 0.05) is 13.7 Å². The Morgan fingerprint density at radius 1 is 1.40 bits per heavy atom. The third kappa shape index (κ3) is 1.67. The molecular weight excluding hydrogens is 133 g/mol. The van der Waals surface area contributed by atoms with E-state index < -0.39 is 11.3 Å². The topological polar surface area (TPSA) is 35.2 Å². The molecule has 0 saturated carbocycles. The SMILES string of the molecule is COC(C)(CN)C(C)(C)F. The van der Waals surface area contributed by atoms with E-state index in [4.69, 9.17) is 10.5 Å². The van der Waals surface area contributed by atoms with Gasteiger partial charge in [0.15, 0.2) is 0 Å². The van der Waals surface area contributed by atoms with Crippen LogP contribution >= 0.6 is 0 Å². The molecule has 10 heavy (non-hydrogen) atoms. The minimum atomic E-state index is -1.39. The Kier molecular flexibility index (Phi) is 2.80. The Bertz CT molecular complexity index is 105. The quantitative estimate of drug-likeness (QED) is 0.652. The van der Waals surface area contributed by atoms with Crippen molar-refractivity contribution >= 4 is 0 Å². The molecular formula is C7H16FNO. The molecule has 0 rings (SSSR count). The lowest BCUT2D eigenvalue weighted by Gasteiger charge is -2.35. The van der Waals surface area contributed by atoms with Gasteiger partial charge in [-0.15, -0.1) is 0 Å². The molecule has 0 saturated heterocycles. The van der Waals surface area contributed by atoms with Crippen LogP contribution in [0.5, 0.6) is 0 Å². The monoisotopic (exact) mass is 149 g/mol. The van der Waals surface area contributed by atoms with Crippen molar-refractivity contribution < 1.29 is 9.13 Å². The van der Waals surface area contributed by atoms with E-state index in [0.717, 1.165) is 0 Å². The molecule has 1 atom stereocenters. The van der Waals surface area contributed by atoms with Crippen LogP contribution in [0.1, 0.15) is 20.8 Å². The standard InChI is InChI=1S/C7H16FNO/c1-6(2,8)7(3,5-9)10-4/h5,9H2,1-4H3. The fourth-order valence-corrected chi connectivity index (χ4v) is 0.569. The molecule has 0 amide bonds. The molecule has 0 fully saturated rings. The number of nitrogens with two attached hydrogens (primary N) is 1. The van der Waals surface area contributed by atoms with Gasteiger partial charge in [-0.25, -0.2) is 4.39 Å². The zero-order chi connectivity index (χ0) is 8.41. The van der Waals surface area contributed by atoms with Crippen LogP contribution in [0.2, 0.25) is 0 Å². The van der Waals surface area contributed by atoms with Crippen LogP contribution in [0.4, 0.5) is 4.39 Å². The van der Waals surface area contributed by atoms with Crippen molar-refractivity contribution in [3.8, 4) is 0 Å². The van der Waals surface area contributed by atoms with Gasteiger partial charge in [0.1, 0.15) is 11.3 Å². The van der Waals surface area contributed by atoms with E-state index in [1.807, 2.05) is 0 Å². The smallest absolute Gasteiger partial charge is 0.135 e. The zero-order valence-corrected chi connectivity index (χ0v) is 7.07. The highest BCUT2D eigenvalue weighted by atomic mass is 19.1. The number of methoxy groups -OCH3 is 1. The maximum Gasteiger partial charge on any atom is 0.135 e. The van der Waals surface area contributed by atoms with Crippen LogP contribution in [0.3, 0.4) is 0 Å². The average Bonchev–Trinajstić information content (AvgIpc) is 1.84. The molecule has 0 aliphatic rings. The summed E-state index contributed by atoms with van der Waals surface area (Å²) in [4.78, 5) is 0. The van der Waals surface area contributed by atoms with Crippen molar-refractivity contribution in [2.45, 2.75) is 32.0 Å². The lowest BCUT2D eigenvalue weighted by atomic mass is 9.89. The second-order valence-electron chi connectivity index (χ2n) is 3.11. The van der Waals surface area contributed by atoms with Gasteiger partial charge in [-0.3, -0.25) is 0 Å². The second kappa shape index (κ2) is 2.84. The van der Waals surface area contributed by atoms with Crippen molar-refractivity contribution in [2.75, 3.05) is 13.7 Å². The first-order valence-corrected chi connectivity index (χ1v) is 3.31. The molecule has 0 spiro atoms. The number of ether oxygens (including phenoxy) is 1. The van der Waals surface area contributed by atoms with Gasteiger partial charge in [-0.05, 0) is 20.8 Å². The summed E-state index contributed by atoms with van der Waals surface area (Å²) >= 11 is 0. The minimum Gasteiger partial charge on any atom is -0.374 e. The highest BCUT2D eigenvalue weighted by Crippen LogP contribution is 2.27. The van der Waals surface area contributed by atoms with Gasteiger partial charge in [-0.2, -0.15) is 0 Å². The molecule has 0 aromatic carbocycles. The molecule has 0 aliphatic carbocycles. The summed E-state index contributed by atoms with van der Waals surface area (Å²) < 4.78 is 18.2. The van der Waals surface area contributed by atoms with Crippen molar-refractivity contribution in [3.63, 3.8) is 0 Å². The largest absolute Gasteiger partial charge is 0.374 e. The van der Waals surface area contributed by atoms with Crippen molar-refractivity contribution in [2.24, 2.45) is 5.73 Å². The predicted molar refractivity (Wildman–Crippen MR) is 39.7 cm³/mol. The lowest BCUT2D eigenvalue weighted by molar-refractivity contribution is -0.0926. The van der Waals surface area contributed by atoms with E-state index >= 15 is 0 Å². The third-order valence-corrected chi connectivity index (χ3v) is 2.10. The Morgan fingerprint density at radius 3 is 1.80 bits per heavy atom. The van der Waals surface area contributed by atoms with E-state index in [1.165, 1.54) is 21.0 Å². The van der Waals surface area contributed by atoms with E-state index in [-0.39, 0.29) is 6.54 Å². The Labute approximate surface area is 61.5 Å². The van der Waals surface area contributed by atoms with Crippen LogP contribution in [0, 0.1) is 0 Å². The van der Waals surface area contributed by atoms with Crippen LogP contribution in [-0.4, -0.2) is 24.9 Å². The summed E-state index contributed by atoms with van der Waals surface area (Å²) in [6.45, 7) is 4.77. The normalized spacial score (nSPS) is 18.6. The van der Waals surface area contributed by atoms with Crippen molar-refractivity contribution in [1.29, 1.82) is 0 Å². The lowest BCUT2D eigenvalue weighted by Crippen LogP contribution is -2.51. The van der Waals surface area contributed by atoms with E-state index in [2.05, 4.69) is 0 Å². The molecule has 2 nitrogen and oxygen atoms in total. The van der Waals surface area contributed by atoms with Crippen LogP contribution in [-0.2, 0) is 4.74 Å². The Balaban J connectivity index is 4.33. The summed E-state index contributed by atoms with van der Waals surface area (Å²) in [5.41, 5.74) is 3.08. The molecule has 3 heteroatoms. The van der Waals surface area contributed by atoms with Gasteiger partial charge < -0.3 is 10.5 Å². The summed E-state index contributed by atoms with van der Waals surface area (Å²) in [6, 6.07) is 0. The molecule has 2 N–H and O–H groups in total. The summed E-state index contributed by atoms with van der Waals surface area (Å²) in [6.07, 6.45) is 0. The molecule has 0 aromatic heterocycles. The van der Waals surface area contributed by atoms with Crippen LogP contribution < -0.4 is 5.73 Å². The van der Waals surface area contributed by atoms with Crippen molar-refractivity contribution in [1.82, 2.24) is 0 Å². The van der Waals surface area contributed by atoms with Crippen molar-refractivity contribution in [3.05, 3.63) is 0 Å². The zero-order valence-electron chi connectivity index (χ0n) is 7.07. The third-order valence-electron chi connectivity index (χ3n) is 2.10. The second-order valence-corrected chi connectivity index (χ2v) is 3.11. The number of hydrogen-bond acceptors (Lipinski definition) is 2. The molecule has 0 heterocycles. The van der Waals surface area contributed by atoms with Gasteiger partial charge >= 0.3 is 0 Å². The van der Waals surface area contributed by atoms with Crippen LogP contribution in [0.15, 0.2) is 0 Å². The first-order chi connectivity index (χ1) is 4.37. The summed E-state index contributed by atoms with van der Waals surface area (Å²) in [5, 5.41) is 0. The van der Waals surface area contributed by atoms with E-state index in [1.54, 1.807) is 6.92 Å². The maximum atomic E-state index is 13.2. The fraction of sp³-hybridized carbons (Fsp3) is 1.00.